The maximum absolute atomic E-state index is 12.8. The minimum atomic E-state index is -0.802. The van der Waals surface area contributed by atoms with Crippen LogP contribution in [0.15, 0.2) is 97.2 Å². The number of hydrogen-bond acceptors (Lipinski definition) is 6. The average molecular weight is 889 g/mol. The summed E-state index contributed by atoms with van der Waals surface area (Å²) in [5.74, 6) is -0.962. The van der Waals surface area contributed by atoms with E-state index in [1.165, 1.54) is 96.3 Å². The molecule has 0 saturated heterocycles. The van der Waals surface area contributed by atoms with E-state index in [2.05, 4.69) is 81.5 Å². The van der Waals surface area contributed by atoms with Crippen LogP contribution in [0.4, 0.5) is 0 Å². The van der Waals surface area contributed by atoms with Gasteiger partial charge in [0.2, 0.25) is 0 Å². The maximum atomic E-state index is 12.8. The predicted molar refractivity (Wildman–Crippen MR) is 274 cm³/mol. The third-order valence-electron chi connectivity index (χ3n) is 11.0. The van der Waals surface area contributed by atoms with Gasteiger partial charge >= 0.3 is 17.9 Å². The minimum Gasteiger partial charge on any atom is -0.462 e. The van der Waals surface area contributed by atoms with Gasteiger partial charge in [0.15, 0.2) is 6.10 Å². The fraction of sp³-hybridized carbons (Fsp3) is 0.672. The molecule has 1 atom stereocenters. The highest BCUT2D eigenvalue weighted by Gasteiger charge is 2.19. The van der Waals surface area contributed by atoms with Crippen LogP contribution in [0.25, 0.3) is 0 Å². The summed E-state index contributed by atoms with van der Waals surface area (Å²) < 4.78 is 16.8. The summed E-state index contributed by atoms with van der Waals surface area (Å²) in [5, 5.41) is 0. The molecule has 0 rings (SSSR count). The van der Waals surface area contributed by atoms with Crippen LogP contribution in [-0.2, 0) is 28.6 Å². The number of rotatable bonds is 46. The molecule has 0 heterocycles. The van der Waals surface area contributed by atoms with Gasteiger partial charge in [-0.3, -0.25) is 14.4 Å². The van der Waals surface area contributed by atoms with Gasteiger partial charge < -0.3 is 14.2 Å². The van der Waals surface area contributed by atoms with Gasteiger partial charge in [0.05, 0.1) is 0 Å². The number of unbranched alkanes of at least 4 members (excludes halogenated alkanes) is 25. The van der Waals surface area contributed by atoms with E-state index in [9.17, 15) is 14.4 Å². The Bertz CT molecular complexity index is 1300. The molecule has 0 amide bonds. The van der Waals surface area contributed by atoms with Gasteiger partial charge in [-0.25, -0.2) is 0 Å². The van der Waals surface area contributed by atoms with Crippen LogP contribution < -0.4 is 0 Å². The normalized spacial score (nSPS) is 12.9. The fourth-order valence-electron chi connectivity index (χ4n) is 7.05. The molecule has 0 aromatic heterocycles. The molecule has 64 heavy (non-hydrogen) atoms. The molecule has 6 heteroatoms. The van der Waals surface area contributed by atoms with Crippen LogP contribution in [0.3, 0.4) is 0 Å². The first-order valence-corrected chi connectivity index (χ1v) is 26.3. The predicted octanol–water partition coefficient (Wildman–Crippen LogP) is 17.4. The standard InChI is InChI=1S/C58H96O6/c1-4-7-10-13-16-19-22-25-27-28-29-31-33-36-39-42-45-48-51-57(60)63-54-55(53-62-56(59)50-47-44-41-38-35-32-24-21-18-15-12-9-6-3)64-58(61)52-49-46-43-40-37-34-30-26-23-20-17-14-11-8-5-2/h9,12,15-16,18-19,21-22,24-25,27-29,31-32,35,55H,4-8,10-11,13-14,17,20,23,26,30,33-34,36-54H2,1-3H3/b12-9+,18-15+,19-16+,24-21+,25-22+,28-27+,31-29+,35-32+. The molecule has 0 aliphatic heterocycles. The van der Waals surface area contributed by atoms with E-state index < -0.39 is 6.10 Å². The lowest BCUT2D eigenvalue weighted by Crippen LogP contribution is -2.30. The molecule has 0 spiro atoms. The van der Waals surface area contributed by atoms with Gasteiger partial charge in [-0.15, -0.1) is 0 Å². The van der Waals surface area contributed by atoms with Gasteiger partial charge in [-0.1, -0.05) is 246 Å². The zero-order valence-corrected chi connectivity index (χ0v) is 41.5. The lowest BCUT2D eigenvalue weighted by Gasteiger charge is -2.18. The molecular formula is C58H96O6. The summed E-state index contributed by atoms with van der Waals surface area (Å²) in [6.45, 7) is 6.40. The Balaban J connectivity index is 4.48. The molecule has 0 aromatic rings. The molecule has 0 aliphatic rings. The van der Waals surface area contributed by atoms with Gasteiger partial charge in [-0.05, 0) is 64.2 Å². The SMILES string of the molecule is CC/C=C/C=C/C=C/C=C/CCCCCC(=O)OCC(COC(=O)CCCCCCC/C=C/C=C/C=C/C=C/CCCCC)OC(=O)CCCCCCCCCCCCCCCCC. The first-order valence-electron chi connectivity index (χ1n) is 26.3. The molecule has 1 unspecified atom stereocenters. The second kappa shape index (κ2) is 52.0. The van der Waals surface area contributed by atoms with Crippen molar-refractivity contribution in [1.82, 2.24) is 0 Å². The Morgan fingerprint density at radius 2 is 0.609 bits per heavy atom. The molecular weight excluding hydrogens is 793 g/mol. The van der Waals surface area contributed by atoms with Crippen LogP contribution in [0.2, 0.25) is 0 Å². The molecule has 0 N–H and O–H groups in total. The van der Waals surface area contributed by atoms with Crippen molar-refractivity contribution in [2.24, 2.45) is 0 Å². The van der Waals surface area contributed by atoms with E-state index in [0.29, 0.717) is 19.3 Å². The Hall–Kier alpha value is -3.67. The highest BCUT2D eigenvalue weighted by Crippen LogP contribution is 2.15. The van der Waals surface area contributed by atoms with Crippen molar-refractivity contribution >= 4 is 17.9 Å². The summed E-state index contributed by atoms with van der Waals surface area (Å²) >= 11 is 0. The third-order valence-corrected chi connectivity index (χ3v) is 11.0. The van der Waals surface area contributed by atoms with Gasteiger partial charge in [0.25, 0.3) is 0 Å². The van der Waals surface area contributed by atoms with Crippen molar-refractivity contribution in [3.8, 4) is 0 Å². The van der Waals surface area contributed by atoms with E-state index in [1.54, 1.807) is 0 Å². The number of esters is 3. The van der Waals surface area contributed by atoms with Gasteiger partial charge in [0.1, 0.15) is 13.2 Å². The molecule has 0 radical (unpaired) electrons. The van der Waals surface area contributed by atoms with Gasteiger partial charge in [0, 0.05) is 19.3 Å². The Labute approximate surface area is 394 Å². The van der Waals surface area contributed by atoms with Crippen LogP contribution in [-0.4, -0.2) is 37.2 Å². The average Bonchev–Trinajstić information content (AvgIpc) is 3.29. The molecule has 0 fully saturated rings. The monoisotopic (exact) mass is 889 g/mol. The van der Waals surface area contributed by atoms with Crippen LogP contribution >= 0.6 is 0 Å². The first kappa shape index (κ1) is 60.3. The van der Waals surface area contributed by atoms with E-state index in [-0.39, 0.29) is 31.1 Å². The summed E-state index contributed by atoms with van der Waals surface area (Å²) in [4.78, 5) is 38.0. The molecule has 0 bridgehead atoms. The van der Waals surface area contributed by atoms with Crippen molar-refractivity contribution in [3.63, 3.8) is 0 Å². The largest absolute Gasteiger partial charge is 0.462 e. The Morgan fingerprint density at radius 3 is 1.00 bits per heavy atom. The number of hydrogen-bond donors (Lipinski definition) is 0. The number of ether oxygens (including phenoxy) is 3. The highest BCUT2D eigenvalue weighted by molar-refractivity contribution is 5.71. The van der Waals surface area contributed by atoms with Crippen molar-refractivity contribution in [1.29, 1.82) is 0 Å². The lowest BCUT2D eigenvalue weighted by molar-refractivity contribution is -0.167. The fourth-order valence-corrected chi connectivity index (χ4v) is 7.05. The van der Waals surface area contributed by atoms with E-state index in [4.69, 9.17) is 14.2 Å². The minimum absolute atomic E-state index is 0.102. The Morgan fingerprint density at radius 1 is 0.328 bits per heavy atom. The number of carbonyl (C=O) groups excluding carboxylic acids is 3. The van der Waals surface area contributed by atoms with Crippen molar-refractivity contribution in [2.75, 3.05) is 13.2 Å². The molecule has 0 saturated carbocycles. The van der Waals surface area contributed by atoms with Crippen LogP contribution in [0.1, 0.15) is 233 Å². The van der Waals surface area contributed by atoms with Crippen LogP contribution in [0.5, 0.6) is 0 Å². The zero-order valence-electron chi connectivity index (χ0n) is 41.5. The maximum Gasteiger partial charge on any atom is 0.306 e. The number of allylic oxidation sites excluding steroid dienone is 16. The van der Waals surface area contributed by atoms with E-state index in [1.807, 2.05) is 36.5 Å². The molecule has 364 valence electrons. The first-order chi connectivity index (χ1) is 31.5. The topological polar surface area (TPSA) is 78.9 Å². The number of carbonyl (C=O) groups is 3. The summed E-state index contributed by atoms with van der Waals surface area (Å²) in [6.07, 6.45) is 68.1. The van der Waals surface area contributed by atoms with Crippen molar-refractivity contribution in [3.05, 3.63) is 97.2 Å². The van der Waals surface area contributed by atoms with E-state index >= 15 is 0 Å². The summed E-state index contributed by atoms with van der Waals surface area (Å²) in [7, 11) is 0. The molecule has 0 aliphatic carbocycles. The highest BCUT2D eigenvalue weighted by atomic mass is 16.6. The summed E-state index contributed by atoms with van der Waals surface area (Å²) in [5.41, 5.74) is 0. The van der Waals surface area contributed by atoms with Gasteiger partial charge in [-0.2, -0.15) is 0 Å². The van der Waals surface area contributed by atoms with Crippen molar-refractivity contribution in [2.45, 2.75) is 239 Å². The summed E-state index contributed by atoms with van der Waals surface area (Å²) in [6, 6.07) is 0. The second-order valence-corrected chi connectivity index (χ2v) is 17.2. The van der Waals surface area contributed by atoms with Crippen LogP contribution in [0, 0.1) is 0 Å². The molecule has 0 aromatic carbocycles. The lowest BCUT2D eigenvalue weighted by atomic mass is 10.0. The zero-order chi connectivity index (χ0) is 46.5. The van der Waals surface area contributed by atoms with E-state index in [0.717, 1.165) is 96.3 Å². The third kappa shape index (κ3) is 49.3. The second-order valence-electron chi connectivity index (χ2n) is 17.2. The van der Waals surface area contributed by atoms with Crippen molar-refractivity contribution < 1.29 is 28.6 Å². The quantitative estimate of drug-likeness (QED) is 0.0262. The Kier molecular flexibility index (Phi) is 49.0. The molecule has 6 nitrogen and oxygen atoms in total. The smallest absolute Gasteiger partial charge is 0.306 e.